The van der Waals surface area contributed by atoms with Crippen molar-refractivity contribution < 1.29 is 4.74 Å². The van der Waals surface area contributed by atoms with Gasteiger partial charge in [0.15, 0.2) is 5.16 Å². The van der Waals surface area contributed by atoms with Crippen molar-refractivity contribution in [3.8, 4) is 5.88 Å². The molecule has 0 atom stereocenters. The number of hydrogen-bond acceptors (Lipinski definition) is 6. The lowest BCUT2D eigenvalue weighted by atomic mass is 10.1. The molecule has 5 nitrogen and oxygen atoms in total. The molecule has 0 spiro atoms. The summed E-state index contributed by atoms with van der Waals surface area (Å²) in [5.41, 5.74) is 4.32. The number of ether oxygens (including phenoxy) is 1. The Labute approximate surface area is 142 Å². The summed E-state index contributed by atoms with van der Waals surface area (Å²) in [5, 5.41) is 4.25. The fourth-order valence-corrected chi connectivity index (χ4v) is 2.89. The van der Waals surface area contributed by atoms with Gasteiger partial charge in [-0.1, -0.05) is 18.7 Å². The fourth-order valence-electron chi connectivity index (χ4n) is 2.25. The van der Waals surface area contributed by atoms with E-state index in [0.717, 1.165) is 40.7 Å². The minimum Gasteiger partial charge on any atom is -0.481 e. The van der Waals surface area contributed by atoms with Crippen LogP contribution in [0.5, 0.6) is 5.88 Å². The highest BCUT2D eigenvalue weighted by molar-refractivity contribution is 7.99. The van der Waals surface area contributed by atoms with Crippen LogP contribution in [0.25, 0.3) is 0 Å². The summed E-state index contributed by atoms with van der Waals surface area (Å²) >= 11 is 1.69. The third kappa shape index (κ3) is 5.18. The van der Waals surface area contributed by atoms with Crippen LogP contribution in [0.15, 0.2) is 23.6 Å². The van der Waals surface area contributed by atoms with Crippen molar-refractivity contribution >= 4 is 11.8 Å². The number of rotatable bonds is 8. The Kier molecular flexibility index (Phi) is 6.80. The Morgan fingerprint density at radius 3 is 2.57 bits per heavy atom. The molecule has 0 aliphatic rings. The number of aromatic nitrogens is 3. The van der Waals surface area contributed by atoms with Crippen LogP contribution in [0.3, 0.4) is 0 Å². The van der Waals surface area contributed by atoms with Crippen LogP contribution in [0, 0.1) is 13.8 Å². The van der Waals surface area contributed by atoms with Crippen molar-refractivity contribution in [2.75, 3.05) is 12.9 Å². The largest absolute Gasteiger partial charge is 0.481 e. The average molecular weight is 332 g/mol. The van der Waals surface area contributed by atoms with Crippen LogP contribution < -0.4 is 10.1 Å². The maximum absolute atomic E-state index is 5.38. The molecular formula is C17H24N4OS. The van der Waals surface area contributed by atoms with Gasteiger partial charge in [0.05, 0.1) is 7.11 Å². The van der Waals surface area contributed by atoms with Gasteiger partial charge in [-0.15, -0.1) is 0 Å². The quantitative estimate of drug-likeness (QED) is 0.591. The molecule has 0 radical (unpaired) electrons. The minimum atomic E-state index is 0.692. The molecular weight excluding hydrogens is 308 g/mol. The Morgan fingerprint density at radius 2 is 1.91 bits per heavy atom. The molecule has 0 amide bonds. The second-order valence-electron chi connectivity index (χ2n) is 5.39. The maximum atomic E-state index is 5.38. The van der Waals surface area contributed by atoms with E-state index in [-0.39, 0.29) is 0 Å². The Hall–Kier alpha value is -1.66. The molecule has 23 heavy (non-hydrogen) atoms. The molecule has 2 aromatic heterocycles. The van der Waals surface area contributed by atoms with Gasteiger partial charge in [-0.3, -0.25) is 0 Å². The van der Waals surface area contributed by atoms with E-state index >= 15 is 0 Å². The Morgan fingerprint density at radius 1 is 1.17 bits per heavy atom. The van der Waals surface area contributed by atoms with Crippen LogP contribution in [0.4, 0.5) is 0 Å². The summed E-state index contributed by atoms with van der Waals surface area (Å²) in [6.45, 7) is 7.63. The summed E-state index contributed by atoms with van der Waals surface area (Å²) in [4.78, 5) is 13.2. The number of hydrogen-bond donors (Lipinski definition) is 1. The topological polar surface area (TPSA) is 59.9 Å². The Balaban J connectivity index is 1.92. The van der Waals surface area contributed by atoms with Crippen molar-refractivity contribution in [1.82, 2.24) is 20.3 Å². The van der Waals surface area contributed by atoms with E-state index in [2.05, 4.69) is 40.2 Å². The molecule has 0 unspecified atom stereocenters. The number of nitrogens with one attached hydrogen (secondary N) is 1. The molecule has 1 N–H and O–H groups in total. The van der Waals surface area contributed by atoms with E-state index in [1.54, 1.807) is 18.9 Å². The average Bonchev–Trinajstić information content (AvgIpc) is 2.55. The van der Waals surface area contributed by atoms with Crippen LogP contribution in [0.1, 0.15) is 35.7 Å². The molecule has 6 heteroatoms. The number of nitrogens with zero attached hydrogens (tertiary/aromatic N) is 3. The summed E-state index contributed by atoms with van der Waals surface area (Å²) < 4.78 is 5.38. The first-order chi connectivity index (χ1) is 11.1. The molecule has 124 valence electrons. The van der Waals surface area contributed by atoms with Gasteiger partial charge in [-0.25, -0.2) is 15.0 Å². The van der Waals surface area contributed by atoms with Gasteiger partial charge in [0.2, 0.25) is 5.88 Å². The lowest BCUT2D eigenvalue weighted by Gasteiger charge is -2.12. The lowest BCUT2D eigenvalue weighted by Crippen LogP contribution is -2.15. The highest BCUT2D eigenvalue weighted by atomic mass is 32.2. The molecule has 0 saturated heterocycles. The van der Waals surface area contributed by atoms with Crippen LogP contribution >= 0.6 is 11.8 Å². The van der Waals surface area contributed by atoms with Crippen molar-refractivity contribution in [2.24, 2.45) is 0 Å². The second kappa shape index (κ2) is 8.84. The smallest absolute Gasteiger partial charge is 0.218 e. The molecule has 0 aromatic carbocycles. The normalized spacial score (nSPS) is 10.8. The van der Waals surface area contributed by atoms with E-state index in [1.807, 2.05) is 19.3 Å². The van der Waals surface area contributed by atoms with Gasteiger partial charge < -0.3 is 10.1 Å². The van der Waals surface area contributed by atoms with E-state index in [0.29, 0.717) is 12.4 Å². The minimum absolute atomic E-state index is 0.692. The SMILES string of the molecule is CCCSc1ncc(CNCc2c(C)cc(C)nc2OC)cn1. The number of pyridine rings is 1. The number of methoxy groups -OCH3 is 1. The zero-order chi connectivity index (χ0) is 16.7. The molecule has 0 aliphatic carbocycles. The van der Waals surface area contributed by atoms with Crippen molar-refractivity contribution in [2.45, 2.75) is 45.4 Å². The number of thioether (sulfide) groups is 1. The van der Waals surface area contributed by atoms with Crippen molar-refractivity contribution in [1.29, 1.82) is 0 Å². The van der Waals surface area contributed by atoms with Gasteiger partial charge in [-0.05, 0) is 31.9 Å². The van der Waals surface area contributed by atoms with Crippen molar-refractivity contribution in [3.63, 3.8) is 0 Å². The van der Waals surface area contributed by atoms with E-state index in [9.17, 15) is 0 Å². The molecule has 0 saturated carbocycles. The van der Waals surface area contributed by atoms with E-state index in [1.165, 1.54) is 5.56 Å². The summed E-state index contributed by atoms with van der Waals surface area (Å²) in [7, 11) is 1.66. The van der Waals surface area contributed by atoms with Crippen LogP contribution in [-0.4, -0.2) is 27.8 Å². The molecule has 2 aromatic rings. The first-order valence-electron chi connectivity index (χ1n) is 7.79. The first kappa shape index (κ1) is 17.7. The van der Waals surface area contributed by atoms with Crippen LogP contribution in [0.2, 0.25) is 0 Å². The highest BCUT2D eigenvalue weighted by Gasteiger charge is 2.09. The van der Waals surface area contributed by atoms with Crippen LogP contribution in [-0.2, 0) is 13.1 Å². The molecule has 2 rings (SSSR count). The predicted molar refractivity (Wildman–Crippen MR) is 93.9 cm³/mol. The third-order valence-corrected chi connectivity index (χ3v) is 4.46. The molecule has 2 heterocycles. The van der Waals surface area contributed by atoms with Gasteiger partial charge in [0.1, 0.15) is 0 Å². The maximum Gasteiger partial charge on any atom is 0.218 e. The Bertz CT molecular complexity index is 631. The molecule has 0 fully saturated rings. The monoisotopic (exact) mass is 332 g/mol. The van der Waals surface area contributed by atoms with Gasteiger partial charge in [-0.2, -0.15) is 0 Å². The predicted octanol–water partition coefficient (Wildman–Crippen LogP) is 3.29. The van der Waals surface area contributed by atoms with Gasteiger partial charge in [0.25, 0.3) is 0 Å². The standard InChI is InChI=1S/C17H24N4OS/c1-5-6-23-17-19-9-14(10-20-17)8-18-11-15-12(2)7-13(3)21-16(15)22-4/h7,9-10,18H,5-6,8,11H2,1-4H3. The summed E-state index contributed by atoms with van der Waals surface area (Å²) in [6.07, 6.45) is 4.90. The zero-order valence-corrected chi connectivity index (χ0v) is 15.0. The van der Waals surface area contributed by atoms with E-state index in [4.69, 9.17) is 4.74 Å². The second-order valence-corrected chi connectivity index (χ2v) is 6.46. The van der Waals surface area contributed by atoms with E-state index < -0.39 is 0 Å². The summed E-state index contributed by atoms with van der Waals surface area (Å²) in [6, 6.07) is 2.07. The first-order valence-corrected chi connectivity index (χ1v) is 8.78. The number of aryl methyl sites for hydroxylation is 2. The molecule has 0 bridgehead atoms. The van der Waals surface area contributed by atoms with Gasteiger partial charge >= 0.3 is 0 Å². The third-order valence-electron chi connectivity index (χ3n) is 3.38. The highest BCUT2D eigenvalue weighted by Crippen LogP contribution is 2.20. The lowest BCUT2D eigenvalue weighted by molar-refractivity contribution is 0.389. The summed E-state index contributed by atoms with van der Waals surface area (Å²) in [5.74, 6) is 1.74. The fraction of sp³-hybridized carbons (Fsp3) is 0.471. The van der Waals surface area contributed by atoms with Crippen molar-refractivity contribution in [3.05, 3.63) is 40.8 Å². The molecule has 0 aliphatic heterocycles. The zero-order valence-electron chi connectivity index (χ0n) is 14.2. The van der Waals surface area contributed by atoms with Gasteiger partial charge in [0, 0.05) is 48.1 Å².